The number of hydrogen-bond donors (Lipinski definition) is 4. The van der Waals surface area contributed by atoms with Crippen LogP contribution in [0.2, 0.25) is 0 Å². The summed E-state index contributed by atoms with van der Waals surface area (Å²) in [6.07, 6.45) is 1.53. The molecule has 0 aliphatic carbocycles. The Labute approximate surface area is 119 Å². The molecule has 0 radical (unpaired) electrons. The van der Waals surface area contributed by atoms with E-state index in [1.165, 1.54) is 18.3 Å². The van der Waals surface area contributed by atoms with Gasteiger partial charge in [-0.25, -0.2) is 14.6 Å². The number of amides is 2. The number of nitrogens with zero attached hydrogens (tertiary/aromatic N) is 1. The number of aromatic hydroxyl groups is 1. The molecule has 1 heterocycles. The van der Waals surface area contributed by atoms with Crippen molar-refractivity contribution in [1.29, 1.82) is 0 Å². The fourth-order valence-corrected chi connectivity index (χ4v) is 1.58. The van der Waals surface area contributed by atoms with Crippen molar-refractivity contribution in [2.24, 2.45) is 0 Å². The first kappa shape index (κ1) is 14.4. The van der Waals surface area contributed by atoms with Crippen LogP contribution >= 0.6 is 0 Å². The van der Waals surface area contributed by atoms with E-state index < -0.39 is 12.0 Å². The average molecular weight is 291 g/mol. The molecule has 0 aliphatic heterocycles. The zero-order valence-corrected chi connectivity index (χ0v) is 11.1. The van der Waals surface area contributed by atoms with Crippen LogP contribution in [0.4, 0.5) is 10.5 Å². The number of carbonyl (C=O) groups excluding carboxylic acids is 1. The molecule has 8 nitrogen and oxygen atoms in total. The van der Waals surface area contributed by atoms with Gasteiger partial charge in [0.15, 0.2) is 0 Å². The van der Waals surface area contributed by atoms with Crippen molar-refractivity contribution in [3.8, 4) is 5.75 Å². The van der Waals surface area contributed by atoms with Crippen LogP contribution in [0.3, 0.4) is 0 Å². The highest BCUT2D eigenvalue weighted by Crippen LogP contribution is 2.24. The van der Waals surface area contributed by atoms with Crippen LogP contribution in [0.15, 0.2) is 28.8 Å². The lowest BCUT2D eigenvalue weighted by atomic mass is 10.2. The van der Waals surface area contributed by atoms with Gasteiger partial charge < -0.3 is 25.3 Å². The summed E-state index contributed by atoms with van der Waals surface area (Å²) < 4.78 is 5.18. The monoisotopic (exact) mass is 291 g/mol. The highest BCUT2D eigenvalue weighted by molar-refractivity contribution is 5.93. The van der Waals surface area contributed by atoms with Gasteiger partial charge in [-0.15, -0.1) is 0 Å². The number of hydrogen-bond acceptors (Lipinski definition) is 5. The van der Waals surface area contributed by atoms with Crippen molar-refractivity contribution in [2.45, 2.75) is 13.5 Å². The second-order valence-electron chi connectivity index (χ2n) is 4.21. The topological polar surface area (TPSA) is 125 Å². The Hall–Kier alpha value is -3.03. The lowest BCUT2D eigenvalue weighted by molar-refractivity contribution is 0.0696. The molecule has 1 aromatic carbocycles. The molecule has 0 fully saturated rings. The quantitative estimate of drug-likeness (QED) is 0.635. The number of carboxylic acids is 1. The Morgan fingerprint density at radius 3 is 2.71 bits per heavy atom. The summed E-state index contributed by atoms with van der Waals surface area (Å²) in [6, 6.07) is 3.04. The second kappa shape index (κ2) is 5.95. The van der Waals surface area contributed by atoms with E-state index in [0.717, 1.165) is 6.07 Å². The van der Waals surface area contributed by atoms with Crippen molar-refractivity contribution in [3.05, 3.63) is 41.6 Å². The lowest BCUT2D eigenvalue weighted by Crippen LogP contribution is -2.28. The van der Waals surface area contributed by atoms with Crippen LogP contribution in [0.1, 0.15) is 22.0 Å². The van der Waals surface area contributed by atoms with Gasteiger partial charge in [-0.2, -0.15) is 0 Å². The minimum atomic E-state index is -1.17. The van der Waals surface area contributed by atoms with Gasteiger partial charge >= 0.3 is 12.0 Å². The van der Waals surface area contributed by atoms with E-state index in [2.05, 4.69) is 15.6 Å². The summed E-state index contributed by atoms with van der Waals surface area (Å²) >= 11 is 0. The van der Waals surface area contributed by atoms with E-state index in [0.29, 0.717) is 11.7 Å². The first-order valence-corrected chi connectivity index (χ1v) is 5.98. The Bertz CT molecular complexity index is 680. The summed E-state index contributed by atoms with van der Waals surface area (Å²) in [6.45, 7) is 1.83. The summed E-state index contributed by atoms with van der Waals surface area (Å²) in [5.74, 6) is -0.514. The summed E-state index contributed by atoms with van der Waals surface area (Å²) in [7, 11) is 0. The molecule has 1 aromatic heterocycles. The molecule has 21 heavy (non-hydrogen) atoms. The number of aromatic nitrogens is 1. The van der Waals surface area contributed by atoms with Crippen LogP contribution in [-0.4, -0.2) is 27.2 Å². The maximum Gasteiger partial charge on any atom is 0.335 e. The molecule has 0 atom stereocenters. The molecule has 2 amide bonds. The number of carbonyl (C=O) groups is 2. The van der Waals surface area contributed by atoms with Gasteiger partial charge in [-0.3, -0.25) is 0 Å². The van der Waals surface area contributed by atoms with Crippen LogP contribution in [0.25, 0.3) is 0 Å². The van der Waals surface area contributed by atoms with Crippen molar-refractivity contribution >= 4 is 17.7 Å². The number of aryl methyl sites for hydroxylation is 1. The molecular weight excluding hydrogens is 278 g/mol. The molecule has 0 spiro atoms. The molecule has 0 aliphatic rings. The van der Waals surface area contributed by atoms with Crippen molar-refractivity contribution in [1.82, 2.24) is 10.3 Å². The highest BCUT2D eigenvalue weighted by Gasteiger charge is 2.10. The standard InChI is InChI=1S/C13H13N3O5/c1-7-5-14-11(21-7)6-15-13(20)16-9-3-2-8(12(18)19)4-10(9)17/h2-5,17H,6H2,1H3,(H,18,19)(H2,15,16,20). The maximum atomic E-state index is 11.6. The SMILES string of the molecule is Cc1cnc(CNC(=O)Nc2ccc(C(=O)O)cc2O)o1. The number of phenols is 1. The molecule has 0 unspecified atom stereocenters. The number of benzene rings is 1. The number of rotatable bonds is 4. The number of phenolic OH excluding ortho intramolecular Hbond substituents is 1. The van der Waals surface area contributed by atoms with E-state index in [9.17, 15) is 14.7 Å². The minimum absolute atomic E-state index is 0.0753. The Morgan fingerprint density at radius 1 is 1.38 bits per heavy atom. The molecular formula is C13H13N3O5. The largest absolute Gasteiger partial charge is 0.506 e. The van der Waals surface area contributed by atoms with E-state index in [1.807, 2.05) is 0 Å². The number of nitrogens with one attached hydrogen (secondary N) is 2. The van der Waals surface area contributed by atoms with Gasteiger partial charge in [0.05, 0.1) is 24.0 Å². The van der Waals surface area contributed by atoms with Crippen LogP contribution in [-0.2, 0) is 6.54 Å². The van der Waals surface area contributed by atoms with Crippen molar-refractivity contribution in [3.63, 3.8) is 0 Å². The number of urea groups is 1. The fraction of sp³-hybridized carbons (Fsp3) is 0.154. The Kier molecular flexibility index (Phi) is 4.07. The third-order valence-electron chi connectivity index (χ3n) is 2.56. The van der Waals surface area contributed by atoms with Crippen molar-refractivity contribution in [2.75, 3.05) is 5.32 Å². The van der Waals surface area contributed by atoms with E-state index in [-0.39, 0.29) is 23.5 Å². The molecule has 2 rings (SSSR count). The molecule has 0 bridgehead atoms. The predicted octanol–water partition coefficient (Wildman–Crippen LogP) is 1.71. The predicted molar refractivity (Wildman–Crippen MR) is 72.2 cm³/mol. The number of anilines is 1. The average Bonchev–Trinajstić information content (AvgIpc) is 2.84. The molecule has 4 N–H and O–H groups in total. The van der Waals surface area contributed by atoms with Gasteiger partial charge in [0, 0.05) is 0 Å². The highest BCUT2D eigenvalue weighted by atomic mass is 16.4. The Balaban J connectivity index is 1.94. The van der Waals surface area contributed by atoms with Gasteiger partial charge in [0.2, 0.25) is 5.89 Å². The maximum absolute atomic E-state index is 11.6. The first-order chi connectivity index (χ1) is 9.95. The summed E-state index contributed by atoms with van der Waals surface area (Å²) in [4.78, 5) is 26.3. The smallest absolute Gasteiger partial charge is 0.335 e. The third kappa shape index (κ3) is 3.72. The number of oxazole rings is 1. The lowest BCUT2D eigenvalue weighted by Gasteiger charge is -2.08. The molecule has 0 saturated carbocycles. The number of aromatic carboxylic acids is 1. The van der Waals surface area contributed by atoms with Crippen LogP contribution in [0, 0.1) is 6.92 Å². The molecule has 8 heteroatoms. The zero-order chi connectivity index (χ0) is 15.4. The Morgan fingerprint density at radius 2 is 2.14 bits per heavy atom. The fourth-order valence-electron chi connectivity index (χ4n) is 1.58. The zero-order valence-electron chi connectivity index (χ0n) is 11.1. The first-order valence-electron chi connectivity index (χ1n) is 5.98. The van der Waals surface area contributed by atoms with Gasteiger partial charge in [-0.05, 0) is 25.1 Å². The van der Waals surface area contributed by atoms with Gasteiger partial charge in [-0.1, -0.05) is 0 Å². The second-order valence-corrected chi connectivity index (χ2v) is 4.21. The summed E-state index contributed by atoms with van der Waals surface area (Å²) in [5, 5.41) is 23.3. The normalized spacial score (nSPS) is 10.1. The minimum Gasteiger partial charge on any atom is -0.506 e. The van der Waals surface area contributed by atoms with E-state index in [1.54, 1.807) is 6.92 Å². The van der Waals surface area contributed by atoms with Crippen LogP contribution in [0.5, 0.6) is 5.75 Å². The van der Waals surface area contributed by atoms with Gasteiger partial charge in [0.25, 0.3) is 0 Å². The molecule has 0 saturated heterocycles. The van der Waals surface area contributed by atoms with Crippen LogP contribution < -0.4 is 10.6 Å². The molecule has 110 valence electrons. The van der Waals surface area contributed by atoms with Crippen molar-refractivity contribution < 1.29 is 24.2 Å². The van der Waals surface area contributed by atoms with E-state index >= 15 is 0 Å². The van der Waals surface area contributed by atoms with E-state index in [4.69, 9.17) is 9.52 Å². The van der Waals surface area contributed by atoms with Gasteiger partial charge in [0.1, 0.15) is 11.5 Å². The number of carboxylic acid groups (broad SMARTS) is 1. The third-order valence-corrected chi connectivity index (χ3v) is 2.56. The summed E-state index contributed by atoms with van der Waals surface area (Å²) in [5.41, 5.74) is 0.0230. The molecule has 2 aromatic rings.